The Balaban J connectivity index is 2.63. The maximum Gasteiger partial charge on any atom is 0.238 e. The number of benzene rings is 1. The molecule has 20 heavy (non-hydrogen) atoms. The summed E-state index contributed by atoms with van der Waals surface area (Å²) in [5.41, 5.74) is 0.662. The third-order valence-corrected chi connectivity index (χ3v) is 4.01. The molecule has 6 heteroatoms. The largest absolute Gasteiger partial charge is 0.495 e. The van der Waals surface area contributed by atoms with Gasteiger partial charge in [-0.2, -0.15) is 0 Å². The molecule has 0 spiro atoms. The Labute approximate surface area is 121 Å². The lowest BCUT2D eigenvalue weighted by atomic mass is 10.1. The molecule has 0 aromatic heterocycles. The number of anilines is 1. The number of hydrogen-bond acceptors (Lipinski definition) is 4. The van der Waals surface area contributed by atoms with Gasteiger partial charge in [0.15, 0.2) is 0 Å². The summed E-state index contributed by atoms with van der Waals surface area (Å²) in [4.78, 5) is 0.0896. The molecule has 1 aromatic rings. The summed E-state index contributed by atoms with van der Waals surface area (Å²) >= 11 is 0. The van der Waals surface area contributed by atoms with E-state index in [2.05, 4.69) is 12.2 Å². The number of methoxy groups -OCH3 is 1. The quantitative estimate of drug-likeness (QED) is 0.687. The van der Waals surface area contributed by atoms with Gasteiger partial charge in [-0.25, -0.2) is 13.6 Å². The topological polar surface area (TPSA) is 81.4 Å². The standard InChI is InChI=1S/C14H24N2O3S/c1-3-4-5-6-7-10-16-13-11-12(20(15,17)18)8-9-14(13)19-2/h8-9,11,16H,3-7,10H2,1-2H3,(H2,15,17,18). The monoisotopic (exact) mass is 300 g/mol. The molecule has 5 nitrogen and oxygen atoms in total. The smallest absolute Gasteiger partial charge is 0.238 e. The highest BCUT2D eigenvalue weighted by Gasteiger charge is 2.11. The van der Waals surface area contributed by atoms with Crippen molar-refractivity contribution >= 4 is 15.7 Å². The maximum absolute atomic E-state index is 11.3. The zero-order chi connectivity index (χ0) is 15.0. The van der Waals surface area contributed by atoms with E-state index in [4.69, 9.17) is 9.88 Å². The molecular weight excluding hydrogens is 276 g/mol. The fraction of sp³-hybridized carbons (Fsp3) is 0.571. The predicted octanol–water partition coefficient (Wildman–Crippen LogP) is 2.72. The lowest BCUT2D eigenvalue weighted by molar-refractivity contribution is 0.416. The highest BCUT2D eigenvalue weighted by Crippen LogP contribution is 2.27. The van der Waals surface area contributed by atoms with Crippen LogP contribution in [0.3, 0.4) is 0 Å². The summed E-state index contributed by atoms with van der Waals surface area (Å²) in [5.74, 6) is 0.617. The number of primary sulfonamides is 1. The van der Waals surface area contributed by atoms with Crippen molar-refractivity contribution in [2.45, 2.75) is 43.9 Å². The van der Waals surface area contributed by atoms with Crippen molar-refractivity contribution in [1.82, 2.24) is 0 Å². The molecule has 0 aliphatic heterocycles. The number of sulfonamides is 1. The molecule has 0 bridgehead atoms. The Morgan fingerprint density at radius 1 is 1.20 bits per heavy atom. The summed E-state index contributed by atoms with van der Waals surface area (Å²) in [5, 5.41) is 8.34. The van der Waals surface area contributed by atoms with Gasteiger partial charge < -0.3 is 10.1 Å². The van der Waals surface area contributed by atoms with Gasteiger partial charge in [-0.15, -0.1) is 0 Å². The molecule has 0 unspecified atom stereocenters. The highest BCUT2D eigenvalue weighted by molar-refractivity contribution is 7.89. The van der Waals surface area contributed by atoms with Gasteiger partial charge in [0.2, 0.25) is 10.0 Å². The summed E-state index contributed by atoms with van der Waals surface area (Å²) in [7, 11) is -2.13. The third-order valence-electron chi connectivity index (χ3n) is 3.10. The van der Waals surface area contributed by atoms with E-state index in [9.17, 15) is 8.42 Å². The van der Waals surface area contributed by atoms with Crippen LogP contribution in [0.1, 0.15) is 39.0 Å². The molecule has 0 amide bonds. The average Bonchev–Trinajstić information content (AvgIpc) is 2.41. The summed E-state index contributed by atoms with van der Waals surface area (Å²) < 4.78 is 27.9. The minimum absolute atomic E-state index is 0.0896. The number of ether oxygens (including phenoxy) is 1. The Hall–Kier alpha value is -1.27. The first kappa shape index (κ1) is 16.8. The van der Waals surface area contributed by atoms with E-state index in [1.165, 1.54) is 31.4 Å². The summed E-state index contributed by atoms with van der Waals surface area (Å²) in [6.45, 7) is 2.97. The Bertz CT molecular complexity index is 515. The highest BCUT2D eigenvalue weighted by atomic mass is 32.2. The second-order valence-electron chi connectivity index (χ2n) is 4.75. The van der Waals surface area contributed by atoms with Gasteiger partial charge in [0, 0.05) is 6.54 Å². The molecule has 0 atom stereocenters. The van der Waals surface area contributed by atoms with Gasteiger partial charge in [-0.05, 0) is 24.6 Å². The van der Waals surface area contributed by atoms with Gasteiger partial charge in [-0.3, -0.25) is 0 Å². The van der Waals surface area contributed by atoms with Crippen LogP contribution in [-0.2, 0) is 10.0 Å². The molecule has 0 aliphatic carbocycles. The first-order chi connectivity index (χ1) is 9.49. The number of hydrogen-bond donors (Lipinski definition) is 2. The molecule has 1 rings (SSSR count). The molecule has 114 valence electrons. The molecule has 1 aromatic carbocycles. The maximum atomic E-state index is 11.3. The second kappa shape index (κ2) is 8.11. The molecule has 0 saturated carbocycles. The molecule has 0 fully saturated rings. The Morgan fingerprint density at radius 2 is 1.90 bits per heavy atom. The van der Waals surface area contributed by atoms with Crippen LogP contribution in [0.5, 0.6) is 5.75 Å². The van der Waals surface area contributed by atoms with Crippen LogP contribution in [0, 0.1) is 0 Å². The predicted molar refractivity (Wildman–Crippen MR) is 81.6 cm³/mol. The second-order valence-corrected chi connectivity index (χ2v) is 6.31. The van der Waals surface area contributed by atoms with Crippen molar-refractivity contribution < 1.29 is 13.2 Å². The zero-order valence-electron chi connectivity index (χ0n) is 12.2. The first-order valence-electron chi connectivity index (χ1n) is 6.93. The molecule has 3 N–H and O–H groups in total. The van der Waals surface area contributed by atoms with Crippen LogP contribution in [0.4, 0.5) is 5.69 Å². The van der Waals surface area contributed by atoms with E-state index in [1.807, 2.05) is 0 Å². The molecule has 0 saturated heterocycles. The van der Waals surface area contributed by atoms with E-state index in [0.717, 1.165) is 19.4 Å². The van der Waals surface area contributed by atoms with Crippen molar-refractivity contribution in [3.8, 4) is 5.75 Å². The minimum Gasteiger partial charge on any atom is -0.495 e. The molecule has 0 heterocycles. The summed E-state index contributed by atoms with van der Waals surface area (Å²) in [6.07, 6.45) is 5.91. The third kappa shape index (κ3) is 5.38. The Kier molecular flexibility index (Phi) is 6.81. The van der Waals surface area contributed by atoms with Crippen LogP contribution < -0.4 is 15.2 Å². The molecular formula is C14H24N2O3S. The number of rotatable bonds is 9. The lowest BCUT2D eigenvalue weighted by Crippen LogP contribution is -2.13. The number of unbranched alkanes of at least 4 members (excludes halogenated alkanes) is 4. The molecule has 0 radical (unpaired) electrons. The van der Waals surface area contributed by atoms with Crippen molar-refractivity contribution in [3.05, 3.63) is 18.2 Å². The Morgan fingerprint density at radius 3 is 2.50 bits per heavy atom. The van der Waals surface area contributed by atoms with Gasteiger partial charge in [-0.1, -0.05) is 32.6 Å². The van der Waals surface area contributed by atoms with Crippen LogP contribution in [-0.4, -0.2) is 22.1 Å². The van der Waals surface area contributed by atoms with Crippen LogP contribution in [0.15, 0.2) is 23.1 Å². The van der Waals surface area contributed by atoms with Crippen molar-refractivity contribution in [2.24, 2.45) is 5.14 Å². The van der Waals surface area contributed by atoms with Gasteiger partial charge in [0.1, 0.15) is 5.75 Å². The SMILES string of the molecule is CCCCCCCNc1cc(S(N)(=O)=O)ccc1OC. The summed E-state index contributed by atoms with van der Waals surface area (Å²) in [6, 6.07) is 4.57. The fourth-order valence-electron chi connectivity index (χ4n) is 1.95. The van der Waals surface area contributed by atoms with Crippen LogP contribution in [0.2, 0.25) is 0 Å². The van der Waals surface area contributed by atoms with Gasteiger partial charge in [0.05, 0.1) is 17.7 Å². The van der Waals surface area contributed by atoms with Crippen LogP contribution >= 0.6 is 0 Å². The van der Waals surface area contributed by atoms with Crippen molar-refractivity contribution in [3.63, 3.8) is 0 Å². The van der Waals surface area contributed by atoms with E-state index >= 15 is 0 Å². The van der Waals surface area contributed by atoms with E-state index in [-0.39, 0.29) is 4.90 Å². The molecule has 0 aliphatic rings. The number of nitrogens with two attached hydrogens (primary N) is 1. The van der Waals surface area contributed by atoms with E-state index in [1.54, 1.807) is 13.2 Å². The minimum atomic E-state index is -3.69. The van der Waals surface area contributed by atoms with Crippen LogP contribution in [0.25, 0.3) is 0 Å². The number of nitrogens with one attached hydrogen (secondary N) is 1. The normalized spacial score (nSPS) is 11.3. The fourth-order valence-corrected chi connectivity index (χ4v) is 2.49. The average molecular weight is 300 g/mol. The van der Waals surface area contributed by atoms with Crippen molar-refractivity contribution in [1.29, 1.82) is 0 Å². The van der Waals surface area contributed by atoms with E-state index in [0.29, 0.717) is 11.4 Å². The van der Waals surface area contributed by atoms with E-state index < -0.39 is 10.0 Å². The lowest BCUT2D eigenvalue weighted by Gasteiger charge is -2.12. The van der Waals surface area contributed by atoms with Crippen molar-refractivity contribution in [2.75, 3.05) is 19.0 Å². The zero-order valence-corrected chi connectivity index (χ0v) is 13.0. The van der Waals surface area contributed by atoms with Gasteiger partial charge >= 0.3 is 0 Å². The first-order valence-corrected chi connectivity index (χ1v) is 8.48. The van der Waals surface area contributed by atoms with Gasteiger partial charge in [0.25, 0.3) is 0 Å².